The number of benzene rings is 2. The number of hydrogen-bond donors (Lipinski definition) is 2. The molecule has 0 bridgehead atoms. The molecule has 0 fully saturated rings. The van der Waals surface area contributed by atoms with Crippen molar-refractivity contribution in [1.29, 1.82) is 5.26 Å². The van der Waals surface area contributed by atoms with Crippen LogP contribution in [0.15, 0.2) is 47.8 Å². The molecule has 0 saturated carbocycles. The van der Waals surface area contributed by atoms with Gasteiger partial charge in [0, 0.05) is 11.2 Å². The molecule has 1 aromatic heterocycles. The number of nitrogen functional groups attached to an aromatic ring is 1. The minimum atomic E-state index is 0.578. The molecule has 0 aliphatic carbocycles. The summed E-state index contributed by atoms with van der Waals surface area (Å²) in [6, 6.07) is 15.7. The molecule has 0 amide bonds. The topological polar surface area (TPSA) is 61.8 Å². The number of fused-ring (bicyclic) bond motifs is 1. The van der Waals surface area contributed by atoms with Gasteiger partial charge >= 0.3 is 0 Å². The van der Waals surface area contributed by atoms with Crippen LogP contribution in [0.2, 0.25) is 0 Å². The summed E-state index contributed by atoms with van der Waals surface area (Å²) in [5.41, 5.74) is 9.24. The van der Waals surface area contributed by atoms with E-state index in [4.69, 9.17) is 11.0 Å². The van der Waals surface area contributed by atoms with Crippen LogP contribution in [0.25, 0.3) is 10.1 Å². The Bertz CT molecular complexity index is 799. The highest BCUT2D eigenvalue weighted by atomic mass is 32.1. The normalized spacial score (nSPS) is 10.3. The zero-order valence-corrected chi connectivity index (χ0v) is 11.6. The van der Waals surface area contributed by atoms with Gasteiger partial charge in [0.15, 0.2) is 0 Å². The first-order valence-electron chi connectivity index (χ1n) is 6.26. The van der Waals surface area contributed by atoms with Gasteiger partial charge in [-0.05, 0) is 40.6 Å². The van der Waals surface area contributed by atoms with E-state index in [0.29, 0.717) is 11.3 Å². The molecule has 0 aliphatic rings. The fourth-order valence-electron chi connectivity index (χ4n) is 2.15. The van der Waals surface area contributed by atoms with Crippen molar-refractivity contribution in [2.75, 3.05) is 11.1 Å². The Labute approximate surface area is 121 Å². The standard InChI is InChI=1S/C16H13N3S/c17-8-11-5-6-15(14(18)7-11)19-9-12-10-20-16-4-2-1-3-13(12)16/h1-7,10,19H,9,18H2. The summed E-state index contributed by atoms with van der Waals surface area (Å²) in [7, 11) is 0. The number of hydrogen-bond acceptors (Lipinski definition) is 4. The van der Waals surface area contributed by atoms with Crippen molar-refractivity contribution < 1.29 is 0 Å². The molecule has 0 saturated heterocycles. The molecule has 0 radical (unpaired) electrons. The van der Waals surface area contributed by atoms with Crippen LogP contribution in [0, 0.1) is 11.3 Å². The first kappa shape index (κ1) is 12.5. The molecule has 98 valence electrons. The molecule has 3 rings (SSSR count). The van der Waals surface area contributed by atoms with E-state index in [-0.39, 0.29) is 0 Å². The second-order valence-electron chi connectivity index (χ2n) is 4.52. The number of rotatable bonds is 3. The van der Waals surface area contributed by atoms with Crippen molar-refractivity contribution >= 4 is 32.8 Å². The van der Waals surface area contributed by atoms with Crippen LogP contribution >= 0.6 is 11.3 Å². The molecule has 20 heavy (non-hydrogen) atoms. The summed E-state index contributed by atoms with van der Waals surface area (Å²) in [5.74, 6) is 0. The molecule has 3 aromatic rings. The molecule has 2 aromatic carbocycles. The maximum atomic E-state index is 8.83. The van der Waals surface area contributed by atoms with E-state index in [1.54, 1.807) is 23.5 Å². The Morgan fingerprint density at radius 1 is 1.20 bits per heavy atom. The molecular formula is C16H13N3S. The molecule has 0 spiro atoms. The van der Waals surface area contributed by atoms with Crippen molar-refractivity contribution in [3.63, 3.8) is 0 Å². The fourth-order valence-corrected chi connectivity index (χ4v) is 3.12. The summed E-state index contributed by atoms with van der Waals surface area (Å²) < 4.78 is 1.29. The van der Waals surface area contributed by atoms with E-state index in [0.717, 1.165) is 12.2 Å². The summed E-state index contributed by atoms with van der Waals surface area (Å²) in [4.78, 5) is 0. The molecule has 1 heterocycles. The first-order valence-corrected chi connectivity index (χ1v) is 7.14. The van der Waals surface area contributed by atoms with Gasteiger partial charge in [-0.25, -0.2) is 0 Å². The smallest absolute Gasteiger partial charge is 0.0992 e. The van der Waals surface area contributed by atoms with E-state index >= 15 is 0 Å². The molecule has 3 N–H and O–H groups in total. The second kappa shape index (κ2) is 5.24. The Hall–Kier alpha value is -2.51. The highest BCUT2D eigenvalue weighted by Gasteiger charge is 2.05. The number of nitrogens with zero attached hydrogens (tertiary/aromatic N) is 1. The van der Waals surface area contributed by atoms with E-state index in [1.807, 2.05) is 6.07 Å². The third-order valence-electron chi connectivity index (χ3n) is 3.21. The quantitative estimate of drug-likeness (QED) is 0.713. The van der Waals surface area contributed by atoms with Gasteiger partial charge < -0.3 is 11.1 Å². The Morgan fingerprint density at radius 3 is 2.85 bits per heavy atom. The molecule has 4 heteroatoms. The maximum Gasteiger partial charge on any atom is 0.0992 e. The zero-order chi connectivity index (χ0) is 13.9. The molecular weight excluding hydrogens is 266 g/mol. The highest BCUT2D eigenvalue weighted by Crippen LogP contribution is 2.27. The number of anilines is 2. The number of nitrogens with one attached hydrogen (secondary N) is 1. The summed E-state index contributed by atoms with van der Waals surface area (Å²) >= 11 is 1.75. The molecule has 0 atom stereocenters. The number of thiophene rings is 1. The van der Waals surface area contributed by atoms with Crippen molar-refractivity contribution in [3.8, 4) is 6.07 Å². The lowest BCUT2D eigenvalue weighted by molar-refractivity contribution is 1.18. The van der Waals surface area contributed by atoms with Crippen molar-refractivity contribution in [1.82, 2.24) is 0 Å². The predicted molar refractivity (Wildman–Crippen MR) is 84.7 cm³/mol. The minimum absolute atomic E-state index is 0.578. The van der Waals surface area contributed by atoms with Gasteiger partial charge in [-0.15, -0.1) is 11.3 Å². The lowest BCUT2D eigenvalue weighted by Crippen LogP contribution is -2.02. The van der Waals surface area contributed by atoms with E-state index in [2.05, 4.69) is 41.0 Å². The number of nitriles is 1. The fraction of sp³-hybridized carbons (Fsp3) is 0.0625. The van der Waals surface area contributed by atoms with Crippen LogP contribution < -0.4 is 11.1 Å². The van der Waals surface area contributed by atoms with Crippen molar-refractivity contribution in [2.24, 2.45) is 0 Å². The van der Waals surface area contributed by atoms with Gasteiger partial charge in [-0.2, -0.15) is 5.26 Å². The lowest BCUT2D eigenvalue weighted by atomic mass is 10.1. The monoisotopic (exact) mass is 279 g/mol. The molecule has 0 aliphatic heterocycles. The summed E-state index contributed by atoms with van der Waals surface area (Å²) in [6.07, 6.45) is 0. The van der Waals surface area contributed by atoms with Gasteiger partial charge in [-0.3, -0.25) is 0 Å². The Morgan fingerprint density at radius 2 is 2.05 bits per heavy atom. The Kier molecular flexibility index (Phi) is 3.28. The van der Waals surface area contributed by atoms with Crippen LogP contribution in [0.3, 0.4) is 0 Å². The number of nitrogens with two attached hydrogens (primary N) is 1. The first-order chi connectivity index (χ1) is 9.78. The van der Waals surface area contributed by atoms with Gasteiger partial charge in [-0.1, -0.05) is 18.2 Å². The van der Waals surface area contributed by atoms with Crippen LogP contribution in [0.4, 0.5) is 11.4 Å². The Balaban J connectivity index is 1.81. The van der Waals surface area contributed by atoms with Gasteiger partial charge in [0.1, 0.15) is 0 Å². The third-order valence-corrected chi connectivity index (χ3v) is 4.22. The van der Waals surface area contributed by atoms with Crippen LogP contribution in [0.1, 0.15) is 11.1 Å². The zero-order valence-electron chi connectivity index (χ0n) is 10.8. The van der Waals surface area contributed by atoms with E-state index in [1.165, 1.54) is 15.6 Å². The van der Waals surface area contributed by atoms with Gasteiger partial charge in [0.05, 0.1) is 23.0 Å². The summed E-state index contributed by atoms with van der Waals surface area (Å²) in [5, 5.41) is 15.6. The average Bonchev–Trinajstić information content (AvgIpc) is 2.89. The van der Waals surface area contributed by atoms with Crippen molar-refractivity contribution in [3.05, 3.63) is 59.0 Å². The average molecular weight is 279 g/mol. The molecule has 0 unspecified atom stereocenters. The second-order valence-corrected chi connectivity index (χ2v) is 5.44. The van der Waals surface area contributed by atoms with Crippen LogP contribution in [-0.2, 0) is 6.54 Å². The largest absolute Gasteiger partial charge is 0.397 e. The van der Waals surface area contributed by atoms with Crippen LogP contribution in [-0.4, -0.2) is 0 Å². The van der Waals surface area contributed by atoms with Crippen LogP contribution in [0.5, 0.6) is 0 Å². The lowest BCUT2D eigenvalue weighted by Gasteiger charge is -2.09. The highest BCUT2D eigenvalue weighted by molar-refractivity contribution is 7.17. The molecule has 3 nitrogen and oxygen atoms in total. The maximum absolute atomic E-state index is 8.83. The van der Waals surface area contributed by atoms with E-state index in [9.17, 15) is 0 Å². The SMILES string of the molecule is N#Cc1ccc(NCc2csc3ccccc23)c(N)c1. The van der Waals surface area contributed by atoms with Gasteiger partial charge in [0.2, 0.25) is 0 Å². The van der Waals surface area contributed by atoms with Gasteiger partial charge in [0.25, 0.3) is 0 Å². The minimum Gasteiger partial charge on any atom is -0.397 e. The third kappa shape index (κ3) is 2.31. The predicted octanol–water partition coefficient (Wildman–Crippen LogP) is 3.97. The summed E-state index contributed by atoms with van der Waals surface area (Å²) in [6.45, 7) is 0.722. The van der Waals surface area contributed by atoms with E-state index < -0.39 is 0 Å². The van der Waals surface area contributed by atoms with Crippen molar-refractivity contribution in [2.45, 2.75) is 6.54 Å².